The van der Waals surface area contributed by atoms with Gasteiger partial charge in [-0.1, -0.05) is 97.1 Å². The summed E-state index contributed by atoms with van der Waals surface area (Å²) in [7, 11) is 0. The van der Waals surface area contributed by atoms with Crippen LogP contribution in [0.3, 0.4) is 0 Å². The van der Waals surface area contributed by atoms with Crippen LogP contribution >= 0.6 is 0 Å². The van der Waals surface area contributed by atoms with Crippen molar-refractivity contribution in [1.29, 1.82) is 0 Å². The lowest BCUT2D eigenvalue weighted by atomic mass is 10.0. The van der Waals surface area contributed by atoms with E-state index in [-0.39, 0.29) is 0 Å². The fraction of sp³-hybridized carbons (Fsp3) is 0.200. The molecule has 4 aromatic carbocycles. The van der Waals surface area contributed by atoms with Crippen molar-refractivity contribution >= 4 is 0 Å². The maximum atomic E-state index is 6.10. The normalized spacial score (nSPS) is 10.6. The second kappa shape index (κ2) is 11.8. The van der Waals surface area contributed by atoms with Crippen LogP contribution in [0.2, 0.25) is 0 Å². The van der Waals surface area contributed by atoms with Gasteiger partial charge in [-0.15, -0.1) is 0 Å². The van der Waals surface area contributed by atoms with Gasteiger partial charge in [0.25, 0.3) is 0 Å². The van der Waals surface area contributed by atoms with Crippen LogP contribution < -0.4 is 9.47 Å². The van der Waals surface area contributed by atoms with E-state index in [1.165, 1.54) is 11.1 Å². The van der Waals surface area contributed by atoms with Gasteiger partial charge in [0.15, 0.2) is 0 Å². The molecule has 2 nitrogen and oxygen atoms in total. The van der Waals surface area contributed by atoms with Crippen molar-refractivity contribution in [3.8, 4) is 33.8 Å². The summed E-state index contributed by atoms with van der Waals surface area (Å²) >= 11 is 0. The smallest absolute Gasteiger partial charge is 0.127 e. The minimum absolute atomic E-state index is 0.738. The summed E-state index contributed by atoms with van der Waals surface area (Å²) in [5.74, 6) is 1.92. The molecule has 0 aliphatic carbocycles. The SMILES string of the molecule is c1ccc(-c2ccccc2OCCCCCCOc2ccccc2-c2ccccc2)cc1. The first-order valence-electron chi connectivity index (χ1n) is 11.5. The molecule has 0 heterocycles. The van der Waals surface area contributed by atoms with Crippen LogP contribution in [0.5, 0.6) is 11.5 Å². The van der Waals surface area contributed by atoms with Gasteiger partial charge in [0.05, 0.1) is 13.2 Å². The third-order valence-electron chi connectivity index (χ3n) is 5.50. The first-order chi connectivity index (χ1) is 15.9. The fourth-order valence-electron chi connectivity index (χ4n) is 3.82. The van der Waals surface area contributed by atoms with Crippen molar-refractivity contribution in [2.45, 2.75) is 25.7 Å². The van der Waals surface area contributed by atoms with Gasteiger partial charge in [0.2, 0.25) is 0 Å². The quantitative estimate of drug-likeness (QED) is 0.228. The van der Waals surface area contributed by atoms with Crippen LogP contribution in [0, 0.1) is 0 Å². The second-order valence-electron chi connectivity index (χ2n) is 7.84. The average Bonchev–Trinajstić information content (AvgIpc) is 2.87. The summed E-state index contributed by atoms with van der Waals surface area (Å²) in [4.78, 5) is 0. The monoisotopic (exact) mass is 422 g/mol. The number of unbranched alkanes of at least 4 members (excludes halogenated alkanes) is 3. The van der Waals surface area contributed by atoms with Gasteiger partial charge in [-0.3, -0.25) is 0 Å². The van der Waals surface area contributed by atoms with Gasteiger partial charge in [0, 0.05) is 11.1 Å². The maximum Gasteiger partial charge on any atom is 0.127 e. The molecular formula is C30H30O2. The molecule has 0 aromatic heterocycles. The molecule has 0 bridgehead atoms. The molecule has 0 aliphatic heterocycles. The number of para-hydroxylation sites is 2. The lowest BCUT2D eigenvalue weighted by molar-refractivity contribution is 0.288. The molecule has 32 heavy (non-hydrogen) atoms. The summed E-state index contributed by atoms with van der Waals surface area (Å²) in [5, 5.41) is 0. The third kappa shape index (κ3) is 6.01. The minimum atomic E-state index is 0.738. The van der Waals surface area contributed by atoms with E-state index >= 15 is 0 Å². The van der Waals surface area contributed by atoms with Crippen molar-refractivity contribution in [2.75, 3.05) is 13.2 Å². The standard InChI is InChI=1S/C30H30O2/c1(13-23-31-29-21-11-9-19-27(29)25-15-5-3-6-16-25)2-14-24-32-30-22-12-10-20-28(30)26-17-7-4-8-18-26/h3-12,15-22H,1-2,13-14,23-24H2. The Morgan fingerprint density at radius 1 is 0.375 bits per heavy atom. The minimum Gasteiger partial charge on any atom is -0.493 e. The summed E-state index contributed by atoms with van der Waals surface area (Å²) in [6.45, 7) is 1.48. The van der Waals surface area contributed by atoms with E-state index in [4.69, 9.17) is 9.47 Å². The molecule has 0 amide bonds. The van der Waals surface area contributed by atoms with E-state index in [0.29, 0.717) is 0 Å². The van der Waals surface area contributed by atoms with Gasteiger partial charge in [-0.25, -0.2) is 0 Å². The van der Waals surface area contributed by atoms with E-state index in [2.05, 4.69) is 84.9 Å². The first kappa shape index (κ1) is 21.7. The predicted octanol–water partition coefficient (Wildman–Crippen LogP) is 8.04. The highest BCUT2D eigenvalue weighted by Gasteiger charge is 2.06. The Labute approximate surface area is 191 Å². The Morgan fingerprint density at radius 3 is 1.19 bits per heavy atom. The number of hydrogen-bond donors (Lipinski definition) is 0. The van der Waals surface area contributed by atoms with Crippen LogP contribution in [0.1, 0.15) is 25.7 Å². The molecule has 0 N–H and O–H groups in total. The topological polar surface area (TPSA) is 18.5 Å². The van der Waals surface area contributed by atoms with Crippen LogP contribution in [-0.4, -0.2) is 13.2 Å². The van der Waals surface area contributed by atoms with E-state index in [1.54, 1.807) is 0 Å². The van der Waals surface area contributed by atoms with E-state index in [0.717, 1.165) is 61.5 Å². The van der Waals surface area contributed by atoms with Gasteiger partial charge in [-0.2, -0.15) is 0 Å². The van der Waals surface area contributed by atoms with E-state index in [9.17, 15) is 0 Å². The maximum absolute atomic E-state index is 6.10. The van der Waals surface area contributed by atoms with Crippen molar-refractivity contribution in [2.24, 2.45) is 0 Å². The lowest BCUT2D eigenvalue weighted by Gasteiger charge is -2.12. The zero-order valence-corrected chi connectivity index (χ0v) is 18.5. The highest BCUT2D eigenvalue weighted by molar-refractivity contribution is 5.71. The fourth-order valence-corrected chi connectivity index (χ4v) is 3.82. The highest BCUT2D eigenvalue weighted by Crippen LogP contribution is 2.30. The molecule has 0 aliphatic rings. The highest BCUT2D eigenvalue weighted by atomic mass is 16.5. The van der Waals surface area contributed by atoms with Crippen LogP contribution in [0.4, 0.5) is 0 Å². The van der Waals surface area contributed by atoms with Gasteiger partial charge < -0.3 is 9.47 Å². The van der Waals surface area contributed by atoms with Crippen LogP contribution in [0.25, 0.3) is 22.3 Å². The Balaban J connectivity index is 1.18. The van der Waals surface area contributed by atoms with E-state index in [1.807, 2.05) is 24.3 Å². The Kier molecular flexibility index (Phi) is 7.97. The number of rotatable bonds is 11. The largest absolute Gasteiger partial charge is 0.493 e. The zero-order valence-electron chi connectivity index (χ0n) is 18.5. The van der Waals surface area contributed by atoms with Gasteiger partial charge in [0.1, 0.15) is 11.5 Å². The van der Waals surface area contributed by atoms with Crippen molar-refractivity contribution in [1.82, 2.24) is 0 Å². The second-order valence-corrected chi connectivity index (χ2v) is 7.84. The Hall–Kier alpha value is -3.52. The molecule has 4 aromatic rings. The van der Waals surface area contributed by atoms with Crippen LogP contribution in [-0.2, 0) is 0 Å². The Morgan fingerprint density at radius 2 is 0.750 bits per heavy atom. The summed E-state index contributed by atoms with van der Waals surface area (Å²) in [5.41, 5.74) is 4.68. The number of hydrogen-bond acceptors (Lipinski definition) is 2. The van der Waals surface area contributed by atoms with Gasteiger partial charge >= 0.3 is 0 Å². The lowest BCUT2D eigenvalue weighted by Crippen LogP contribution is -2.01. The molecule has 0 atom stereocenters. The molecular weight excluding hydrogens is 392 g/mol. The summed E-state index contributed by atoms with van der Waals surface area (Å²) < 4.78 is 12.2. The summed E-state index contributed by atoms with van der Waals surface area (Å²) in [6, 6.07) is 37.4. The third-order valence-corrected chi connectivity index (χ3v) is 5.50. The Bertz CT molecular complexity index is 985. The first-order valence-corrected chi connectivity index (χ1v) is 11.5. The van der Waals surface area contributed by atoms with Crippen molar-refractivity contribution < 1.29 is 9.47 Å². The molecule has 0 saturated carbocycles. The molecule has 4 rings (SSSR count). The zero-order chi connectivity index (χ0) is 21.8. The molecule has 0 fully saturated rings. The molecule has 0 saturated heterocycles. The summed E-state index contributed by atoms with van der Waals surface area (Å²) in [6.07, 6.45) is 4.36. The molecule has 162 valence electrons. The molecule has 0 unspecified atom stereocenters. The molecule has 0 radical (unpaired) electrons. The van der Waals surface area contributed by atoms with Crippen LogP contribution in [0.15, 0.2) is 109 Å². The van der Waals surface area contributed by atoms with Gasteiger partial charge in [-0.05, 0) is 48.9 Å². The number of benzene rings is 4. The van der Waals surface area contributed by atoms with Crippen molar-refractivity contribution in [3.05, 3.63) is 109 Å². The van der Waals surface area contributed by atoms with Crippen molar-refractivity contribution in [3.63, 3.8) is 0 Å². The average molecular weight is 423 g/mol. The van der Waals surface area contributed by atoms with E-state index < -0.39 is 0 Å². The molecule has 0 spiro atoms. The molecule has 2 heteroatoms. The number of ether oxygens (including phenoxy) is 2. The predicted molar refractivity (Wildman–Crippen MR) is 133 cm³/mol.